The number of carbonyl (C=O) groups is 2. The number of para-hydroxylation sites is 1. The summed E-state index contributed by atoms with van der Waals surface area (Å²) in [5, 5.41) is 13.5. The van der Waals surface area contributed by atoms with Crippen molar-refractivity contribution in [2.45, 2.75) is 6.92 Å². The lowest BCUT2D eigenvalue weighted by molar-refractivity contribution is -0.119. The van der Waals surface area contributed by atoms with Crippen LogP contribution in [0, 0.1) is 6.92 Å². The van der Waals surface area contributed by atoms with Crippen molar-refractivity contribution >= 4 is 17.6 Å². The van der Waals surface area contributed by atoms with Crippen LogP contribution in [-0.4, -0.2) is 38.7 Å². The van der Waals surface area contributed by atoms with E-state index in [2.05, 4.69) is 20.8 Å². The number of ether oxygens (including phenoxy) is 1. The quantitative estimate of drug-likeness (QED) is 0.712. The number of aromatic nitrogens is 4. The van der Waals surface area contributed by atoms with Gasteiger partial charge >= 0.3 is 5.97 Å². The van der Waals surface area contributed by atoms with Crippen molar-refractivity contribution in [3.63, 3.8) is 0 Å². The van der Waals surface area contributed by atoms with Crippen LogP contribution in [0.3, 0.4) is 0 Å². The van der Waals surface area contributed by atoms with Crippen molar-refractivity contribution < 1.29 is 14.3 Å². The van der Waals surface area contributed by atoms with Gasteiger partial charge in [0.1, 0.15) is 6.33 Å². The minimum Gasteiger partial charge on any atom is -0.452 e. The second-order valence-electron chi connectivity index (χ2n) is 5.24. The van der Waals surface area contributed by atoms with Crippen LogP contribution in [0.25, 0.3) is 5.69 Å². The smallest absolute Gasteiger partial charge is 0.338 e. The van der Waals surface area contributed by atoms with Crippen molar-refractivity contribution in [1.82, 2.24) is 20.2 Å². The number of amides is 1. The topological polar surface area (TPSA) is 99.0 Å². The number of nitrogens with one attached hydrogen (secondary N) is 1. The minimum absolute atomic E-state index is 0.334. The van der Waals surface area contributed by atoms with Gasteiger partial charge in [-0.15, -0.1) is 5.10 Å². The summed E-state index contributed by atoms with van der Waals surface area (Å²) in [4.78, 5) is 23.9. The zero-order chi connectivity index (χ0) is 17.6. The molecule has 0 aliphatic carbocycles. The number of rotatable bonds is 5. The molecule has 0 spiro atoms. The van der Waals surface area contributed by atoms with Crippen LogP contribution in [0.5, 0.6) is 0 Å². The zero-order valence-electron chi connectivity index (χ0n) is 13.4. The number of carbonyl (C=O) groups excluding carboxylic acids is 2. The minimum atomic E-state index is -0.580. The van der Waals surface area contributed by atoms with E-state index in [0.717, 1.165) is 5.56 Å². The van der Waals surface area contributed by atoms with E-state index in [-0.39, 0.29) is 6.61 Å². The number of hydrogen-bond acceptors (Lipinski definition) is 6. The molecular weight excluding hydrogens is 322 g/mol. The highest BCUT2D eigenvalue weighted by atomic mass is 16.5. The van der Waals surface area contributed by atoms with Gasteiger partial charge in [0.2, 0.25) is 0 Å². The van der Waals surface area contributed by atoms with E-state index in [4.69, 9.17) is 4.74 Å². The molecule has 0 unspecified atom stereocenters. The predicted molar refractivity (Wildman–Crippen MR) is 89.2 cm³/mol. The molecular formula is C17H15N5O3. The van der Waals surface area contributed by atoms with E-state index in [1.807, 2.05) is 25.1 Å². The lowest BCUT2D eigenvalue weighted by Gasteiger charge is -2.09. The molecule has 3 aromatic rings. The number of anilines is 1. The van der Waals surface area contributed by atoms with Gasteiger partial charge in [0.15, 0.2) is 6.61 Å². The van der Waals surface area contributed by atoms with Crippen molar-refractivity contribution in [3.8, 4) is 5.69 Å². The third kappa shape index (κ3) is 4.05. The van der Waals surface area contributed by atoms with E-state index in [0.29, 0.717) is 16.9 Å². The molecule has 2 aromatic carbocycles. The molecule has 0 aliphatic heterocycles. The molecule has 1 heterocycles. The van der Waals surface area contributed by atoms with Gasteiger partial charge in [-0.25, -0.2) is 9.48 Å². The number of esters is 1. The Balaban J connectivity index is 1.55. The molecule has 0 atom stereocenters. The van der Waals surface area contributed by atoms with Crippen molar-refractivity contribution in [1.29, 1.82) is 0 Å². The zero-order valence-corrected chi connectivity index (χ0v) is 13.4. The second kappa shape index (κ2) is 7.35. The lowest BCUT2D eigenvalue weighted by atomic mass is 10.2. The first-order chi connectivity index (χ1) is 12.1. The average molecular weight is 337 g/mol. The Hall–Kier alpha value is -3.55. The van der Waals surface area contributed by atoms with Crippen molar-refractivity contribution in [2.24, 2.45) is 0 Å². The fourth-order valence-corrected chi connectivity index (χ4v) is 2.14. The summed E-state index contributed by atoms with van der Waals surface area (Å²) in [6, 6.07) is 13.9. The molecule has 0 bridgehead atoms. The van der Waals surface area contributed by atoms with Gasteiger partial charge in [-0.2, -0.15) is 0 Å². The van der Waals surface area contributed by atoms with Gasteiger partial charge in [0.25, 0.3) is 5.91 Å². The summed E-state index contributed by atoms with van der Waals surface area (Å²) in [6.07, 6.45) is 1.45. The highest BCUT2D eigenvalue weighted by molar-refractivity contribution is 5.95. The number of aryl methyl sites for hydroxylation is 1. The standard InChI is InChI=1S/C17H15N5O3/c1-12-4-2-3-5-15(12)19-16(23)10-25-17(24)13-6-8-14(9-7-13)22-11-18-20-21-22/h2-9,11H,10H2,1H3,(H,19,23). The third-order valence-corrected chi connectivity index (χ3v) is 3.47. The Bertz CT molecular complexity index is 876. The van der Waals surface area contributed by atoms with Crippen LogP contribution < -0.4 is 5.32 Å². The van der Waals surface area contributed by atoms with Gasteiger partial charge in [-0.1, -0.05) is 18.2 Å². The Labute approximate surface area is 143 Å². The maximum atomic E-state index is 12.0. The number of tetrazole rings is 1. The monoisotopic (exact) mass is 337 g/mol. The Morgan fingerprint density at radius 2 is 1.88 bits per heavy atom. The van der Waals surface area contributed by atoms with Gasteiger partial charge in [-0.3, -0.25) is 4.79 Å². The maximum absolute atomic E-state index is 12.0. The van der Waals surface area contributed by atoms with E-state index < -0.39 is 11.9 Å². The normalized spacial score (nSPS) is 10.3. The fourth-order valence-electron chi connectivity index (χ4n) is 2.14. The van der Waals surface area contributed by atoms with Crippen LogP contribution in [0.15, 0.2) is 54.9 Å². The first kappa shape index (κ1) is 16.3. The molecule has 0 radical (unpaired) electrons. The van der Waals surface area contributed by atoms with Crippen LogP contribution in [0.1, 0.15) is 15.9 Å². The van der Waals surface area contributed by atoms with E-state index in [9.17, 15) is 9.59 Å². The molecule has 0 saturated heterocycles. The Morgan fingerprint density at radius 1 is 1.12 bits per heavy atom. The van der Waals surface area contributed by atoms with Gasteiger partial charge in [-0.05, 0) is 53.2 Å². The van der Waals surface area contributed by atoms with Gasteiger partial charge in [0, 0.05) is 5.69 Å². The van der Waals surface area contributed by atoms with Crippen LogP contribution in [0.4, 0.5) is 5.69 Å². The molecule has 0 fully saturated rings. The van der Waals surface area contributed by atoms with Crippen LogP contribution >= 0.6 is 0 Å². The SMILES string of the molecule is Cc1ccccc1NC(=O)COC(=O)c1ccc(-n2cnnn2)cc1. The number of benzene rings is 2. The molecule has 1 aromatic heterocycles. The summed E-state index contributed by atoms with van der Waals surface area (Å²) in [6.45, 7) is 1.52. The molecule has 1 amide bonds. The summed E-state index contributed by atoms with van der Waals surface area (Å²) >= 11 is 0. The van der Waals surface area contributed by atoms with Crippen molar-refractivity contribution in [3.05, 3.63) is 66.0 Å². The summed E-state index contributed by atoms with van der Waals surface area (Å²) in [5.41, 5.74) is 2.66. The molecule has 3 rings (SSSR count). The molecule has 8 heteroatoms. The molecule has 1 N–H and O–H groups in total. The first-order valence-electron chi connectivity index (χ1n) is 7.49. The highest BCUT2D eigenvalue weighted by Crippen LogP contribution is 2.13. The Kier molecular flexibility index (Phi) is 4.79. The van der Waals surface area contributed by atoms with Gasteiger partial charge < -0.3 is 10.1 Å². The molecule has 25 heavy (non-hydrogen) atoms. The highest BCUT2D eigenvalue weighted by Gasteiger charge is 2.11. The summed E-state index contributed by atoms with van der Waals surface area (Å²) < 4.78 is 6.50. The Morgan fingerprint density at radius 3 is 2.56 bits per heavy atom. The van der Waals surface area contributed by atoms with Gasteiger partial charge in [0.05, 0.1) is 11.3 Å². The average Bonchev–Trinajstić information content (AvgIpc) is 3.16. The largest absolute Gasteiger partial charge is 0.452 e. The second-order valence-corrected chi connectivity index (χ2v) is 5.24. The van der Waals surface area contributed by atoms with Crippen LogP contribution in [0.2, 0.25) is 0 Å². The first-order valence-corrected chi connectivity index (χ1v) is 7.49. The number of hydrogen-bond donors (Lipinski definition) is 1. The van der Waals surface area contributed by atoms with E-state index in [1.165, 1.54) is 11.0 Å². The molecule has 126 valence electrons. The molecule has 0 saturated carbocycles. The van der Waals surface area contributed by atoms with Crippen LogP contribution in [-0.2, 0) is 9.53 Å². The van der Waals surface area contributed by atoms with Crippen molar-refractivity contribution in [2.75, 3.05) is 11.9 Å². The molecule has 8 nitrogen and oxygen atoms in total. The molecule has 0 aliphatic rings. The summed E-state index contributed by atoms with van der Waals surface area (Å²) in [5.74, 6) is -0.976. The predicted octanol–water partition coefficient (Wildman–Crippen LogP) is 1.77. The third-order valence-electron chi connectivity index (χ3n) is 3.47. The fraction of sp³-hybridized carbons (Fsp3) is 0.118. The maximum Gasteiger partial charge on any atom is 0.338 e. The summed E-state index contributed by atoms with van der Waals surface area (Å²) in [7, 11) is 0. The lowest BCUT2D eigenvalue weighted by Crippen LogP contribution is -2.21. The van der Waals surface area contributed by atoms with E-state index in [1.54, 1.807) is 30.3 Å². The number of nitrogens with zero attached hydrogens (tertiary/aromatic N) is 4. The van der Waals surface area contributed by atoms with E-state index >= 15 is 0 Å².